The maximum Gasteiger partial charge on any atom is 0.271 e. The van der Waals surface area contributed by atoms with Gasteiger partial charge in [0.05, 0.1) is 16.3 Å². The Labute approximate surface area is 234 Å². The summed E-state index contributed by atoms with van der Waals surface area (Å²) in [6.45, 7) is 0.496. The molecule has 0 fully saturated rings. The van der Waals surface area contributed by atoms with E-state index in [1.807, 2.05) is 66.7 Å². The van der Waals surface area contributed by atoms with E-state index in [4.69, 9.17) is 9.73 Å². The molecule has 0 saturated heterocycles. The lowest BCUT2D eigenvalue weighted by molar-refractivity contribution is 0.306. The molecule has 0 amide bonds. The number of benzene rings is 4. The summed E-state index contributed by atoms with van der Waals surface area (Å²) in [5.74, 6) is 0.473. The van der Waals surface area contributed by atoms with E-state index in [1.54, 1.807) is 16.7 Å². The maximum absolute atomic E-state index is 13.9. The van der Waals surface area contributed by atoms with Crippen molar-refractivity contribution in [2.75, 3.05) is 0 Å². The molecule has 196 valence electrons. The first-order chi connectivity index (χ1) is 19.6. The lowest BCUT2D eigenvalue weighted by Gasteiger charge is -2.30. The Hall–Kier alpha value is -4.55. The monoisotopic (exact) mass is 544 g/mol. The standard InChI is InChI=1S/C34H25FN2O2S/c35-26-15-12-25(13-16-26)32-29-19-14-24-8-4-5-9-28(24)31(29)36-34-37(32)33(38)30(40-34)20-22-10-17-27(18-11-22)39-21-23-6-2-1-3-7-23/h1-13,15-18,20,32H,14,19,21H2/b30-20+/t32-/m1/s1. The minimum absolute atomic E-state index is 0.0899. The van der Waals surface area contributed by atoms with Crippen LogP contribution < -0.4 is 19.6 Å². The van der Waals surface area contributed by atoms with Gasteiger partial charge in [0.25, 0.3) is 5.56 Å². The zero-order chi connectivity index (χ0) is 27.1. The molecule has 5 aromatic rings. The van der Waals surface area contributed by atoms with Crippen molar-refractivity contribution in [2.45, 2.75) is 25.5 Å². The van der Waals surface area contributed by atoms with E-state index >= 15 is 0 Å². The van der Waals surface area contributed by atoms with Gasteiger partial charge in [-0.1, -0.05) is 90.2 Å². The number of rotatable bonds is 5. The van der Waals surface area contributed by atoms with Crippen molar-refractivity contribution in [1.29, 1.82) is 0 Å². The fraction of sp³-hybridized carbons (Fsp3) is 0.118. The zero-order valence-electron chi connectivity index (χ0n) is 21.6. The van der Waals surface area contributed by atoms with Gasteiger partial charge in [-0.25, -0.2) is 9.38 Å². The average Bonchev–Trinajstić information content (AvgIpc) is 3.30. The Kier molecular flexibility index (Phi) is 6.25. The predicted molar refractivity (Wildman–Crippen MR) is 156 cm³/mol. The molecule has 0 spiro atoms. The predicted octanol–water partition coefficient (Wildman–Crippen LogP) is 6.04. The number of ether oxygens (including phenoxy) is 1. The van der Waals surface area contributed by atoms with Crippen molar-refractivity contribution in [3.05, 3.63) is 162 Å². The molecule has 6 heteroatoms. The zero-order valence-corrected chi connectivity index (χ0v) is 22.4. The van der Waals surface area contributed by atoms with Crippen molar-refractivity contribution < 1.29 is 9.13 Å². The van der Waals surface area contributed by atoms with Gasteiger partial charge in [-0.3, -0.25) is 9.36 Å². The number of hydrogen-bond donors (Lipinski definition) is 0. The van der Waals surface area contributed by atoms with E-state index in [9.17, 15) is 9.18 Å². The first-order valence-electron chi connectivity index (χ1n) is 13.3. The number of allylic oxidation sites excluding steroid dienone is 1. The third-order valence-corrected chi connectivity index (χ3v) is 8.47. The van der Waals surface area contributed by atoms with Crippen molar-refractivity contribution in [3.63, 3.8) is 0 Å². The first-order valence-corrected chi connectivity index (χ1v) is 14.1. The summed E-state index contributed by atoms with van der Waals surface area (Å²) >= 11 is 1.39. The van der Waals surface area contributed by atoms with Crippen LogP contribution in [0.5, 0.6) is 5.75 Å². The van der Waals surface area contributed by atoms with E-state index in [2.05, 4.69) is 18.2 Å². The molecule has 0 N–H and O–H groups in total. The Balaban J connectivity index is 1.29. The van der Waals surface area contributed by atoms with Crippen LogP contribution in [0, 0.1) is 5.82 Å². The van der Waals surface area contributed by atoms with Crippen LogP contribution in [-0.2, 0) is 13.0 Å². The fourth-order valence-electron chi connectivity index (χ4n) is 5.52. The second-order valence-electron chi connectivity index (χ2n) is 10.0. The summed E-state index contributed by atoms with van der Waals surface area (Å²) < 4.78 is 22.2. The number of halogens is 1. The Morgan fingerprint density at radius 1 is 0.900 bits per heavy atom. The van der Waals surface area contributed by atoms with Gasteiger partial charge in [0.2, 0.25) is 0 Å². The molecule has 0 bridgehead atoms. The van der Waals surface area contributed by atoms with Gasteiger partial charge in [0, 0.05) is 5.56 Å². The number of aryl methyl sites for hydroxylation is 1. The van der Waals surface area contributed by atoms with Crippen LogP contribution in [0.25, 0.3) is 11.8 Å². The highest BCUT2D eigenvalue weighted by molar-refractivity contribution is 7.07. The van der Waals surface area contributed by atoms with Crippen molar-refractivity contribution >= 4 is 23.1 Å². The van der Waals surface area contributed by atoms with Gasteiger partial charge >= 0.3 is 0 Å². The van der Waals surface area contributed by atoms with Crippen molar-refractivity contribution in [2.24, 2.45) is 4.99 Å². The van der Waals surface area contributed by atoms with Crippen molar-refractivity contribution in [3.8, 4) is 5.75 Å². The molecular weight excluding hydrogens is 519 g/mol. The molecule has 1 aliphatic carbocycles. The van der Waals surface area contributed by atoms with Gasteiger partial charge in [0.1, 0.15) is 18.2 Å². The largest absolute Gasteiger partial charge is 0.489 e. The van der Waals surface area contributed by atoms with Crippen LogP contribution in [0.4, 0.5) is 4.39 Å². The van der Waals surface area contributed by atoms with Crippen LogP contribution >= 0.6 is 11.3 Å². The second-order valence-corrected chi connectivity index (χ2v) is 11.0. The van der Waals surface area contributed by atoms with Crippen LogP contribution in [-0.4, -0.2) is 4.57 Å². The number of nitrogens with zero attached hydrogens (tertiary/aromatic N) is 2. The molecule has 7 rings (SSSR count). The molecule has 0 radical (unpaired) electrons. The minimum Gasteiger partial charge on any atom is -0.489 e. The molecule has 40 heavy (non-hydrogen) atoms. The number of hydrogen-bond acceptors (Lipinski definition) is 4. The average molecular weight is 545 g/mol. The molecular formula is C34H25FN2O2S. The molecule has 1 aromatic heterocycles. The van der Waals surface area contributed by atoms with Crippen LogP contribution in [0.1, 0.15) is 40.3 Å². The lowest BCUT2D eigenvalue weighted by Crippen LogP contribution is -2.38. The normalized spacial score (nSPS) is 16.1. The van der Waals surface area contributed by atoms with Gasteiger partial charge in [0.15, 0.2) is 4.80 Å². The highest BCUT2D eigenvalue weighted by atomic mass is 32.1. The number of fused-ring (bicyclic) bond motifs is 3. The number of aromatic nitrogens is 1. The fourth-order valence-corrected chi connectivity index (χ4v) is 6.52. The molecule has 2 aliphatic rings. The molecule has 2 heterocycles. The summed E-state index contributed by atoms with van der Waals surface area (Å²) in [6, 6.07) is 32.3. The Morgan fingerprint density at radius 3 is 2.45 bits per heavy atom. The van der Waals surface area contributed by atoms with E-state index in [1.165, 1.54) is 29.0 Å². The van der Waals surface area contributed by atoms with Gasteiger partial charge in [-0.2, -0.15) is 0 Å². The number of thiazole rings is 1. The highest BCUT2D eigenvalue weighted by Crippen LogP contribution is 2.41. The van der Waals surface area contributed by atoms with Gasteiger partial charge in [-0.15, -0.1) is 0 Å². The molecule has 4 aromatic carbocycles. The SMILES string of the molecule is O=c1/c(=C\c2ccc(OCc3ccccc3)cc2)sc2n1[C@H](c1ccc(F)cc1)C1=C(N=2)c2ccccc2CC1. The molecule has 4 nitrogen and oxygen atoms in total. The van der Waals surface area contributed by atoms with Crippen molar-refractivity contribution in [1.82, 2.24) is 4.57 Å². The van der Waals surface area contributed by atoms with E-state index in [0.29, 0.717) is 15.9 Å². The molecule has 0 unspecified atom stereocenters. The van der Waals surface area contributed by atoms with E-state index in [-0.39, 0.29) is 17.4 Å². The van der Waals surface area contributed by atoms with E-state index < -0.39 is 0 Å². The van der Waals surface area contributed by atoms with Crippen LogP contribution in [0.3, 0.4) is 0 Å². The minimum atomic E-state index is -0.323. The summed E-state index contributed by atoms with van der Waals surface area (Å²) in [5.41, 5.74) is 7.21. The van der Waals surface area contributed by atoms with E-state index in [0.717, 1.165) is 52.1 Å². The quantitative estimate of drug-likeness (QED) is 0.271. The topological polar surface area (TPSA) is 43.6 Å². The lowest BCUT2D eigenvalue weighted by atomic mass is 9.83. The first kappa shape index (κ1) is 24.5. The highest BCUT2D eigenvalue weighted by Gasteiger charge is 2.32. The van der Waals surface area contributed by atoms with Gasteiger partial charge in [-0.05, 0) is 71.0 Å². The molecule has 1 atom stereocenters. The maximum atomic E-state index is 13.9. The summed E-state index contributed by atoms with van der Waals surface area (Å²) in [6.07, 6.45) is 3.58. The summed E-state index contributed by atoms with van der Waals surface area (Å²) in [7, 11) is 0. The Bertz CT molecular complexity index is 1920. The van der Waals surface area contributed by atoms with Crippen LogP contribution in [0.15, 0.2) is 118 Å². The Morgan fingerprint density at radius 2 is 1.65 bits per heavy atom. The van der Waals surface area contributed by atoms with Gasteiger partial charge < -0.3 is 4.74 Å². The third kappa shape index (κ3) is 4.50. The third-order valence-electron chi connectivity index (χ3n) is 7.48. The second kappa shape index (κ2) is 10.2. The summed E-state index contributed by atoms with van der Waals surface area (Å²) in [5, 5.41) is 0. The smallest absolute Gasteiger partial charge is 0.271 e. The summed E-state index contributed by atoms with van der Waals surface area (Å²) in [4.78, 5) is 19.6. The molecule has 1 aliphatic heterocycles. The van der Waals surface area contributed by atoms with Crippen LogP contribution in [0.2, 0.25) is 0 Å². The molecule has 0 saturated carbocycles.